The monoisotopic (exact) mass is 426 g/mol. The third kappa shape index (κ3) is 2.67. The number of imidazole rings is 1. The molecule has 9 nitrogen and oxygen atoms in total. The van der Waals surface area contributed by atoms with E-state index in [1.165, 1.54) is 4.57 Å². The molecule has 1 aromatic carbocycles. The lowest BCUT2D eigenvalue weighted by atomic mass is 9.80. The molecule has 32 heavy (non-hydrogen) atoms. The quantitative estimate of drug-likeness (QED) is 0.461. The molecule has 4 heterocycles. The third-order valence-corrected chi connectivity index (χ3v) is 6.27. The van der Waals surface area contributed by atoms with Crippen LogP contribution < -0.4 is 16.3 Å². The van der Waals surface area contributed by atoms with E-state index in [-0.39, 0.29) is 24.0 Å². The van der Waals surface area contributed by atoms with Gasteiger partial charge in [0.2, 0.25) is 11.8 Å². The zero-order chi connectivity index (χ0) is 21.9. The number of nitrogens with zero attached hydrogens (tertiary/aromatic N) is 3. The fourth-order valence-corrected chi connectivity index (χ4v) is 4.77. The molecule has 0 bridgehead atoms. The van der Waals surface area contributed by atoms with Gasteiger partial charge in [-0.3, -0.25) is 14.2 Å². The Morgan fingerprint density at radius 3 is 2.88 bits per heavy atom. The molecule has 1 spiro atoms. The number of hydrogen-bond donors (Lipinski definition) is 3. The van der Waals surface area contributed by atoms with Gasteiger partial charge < -0.3 is 15.6 Å². The SMILES string of the molecule is O=C(Cn1c(=O)[nH]c2ccccc21)Nc1ccc2c(n1)CC1(C2)C(=O)Nc2ncccc21. The number of fused-ring (bicyclic) bond motifs is 4. The minimum absolute atomic E-state index is 0.0755. The summed E-state index contributed by atoms with van der Waals surface area (Å²) in [5, 5.41) is 5.65. The van der Waals surface area contributed by atoms with Crippen LogP contribution in [0.25, 0.3) is 11.0 Å². The van der Waals surface area contributed by atoms with Crippen LogP contribution in [0.15, 0.2) is 59.5 Å². The molecule has 6 rings (SSSR count). The summed E-state index contributed by atoms with van der Waals surface area (Å²) in [5.74, 6) is 0.560. The first-order valence-corrected chi connectivity index (χ1v) is 10.3. The number of aromatic amines is 1. The summed E-state index contributed by atoms with van der Waals surface area (Å²) in [6.45, 7) is -0.132. The van der Waals surface area contributed by atoms with Crippen molar-refractivity contribution in [2.24, 2.45) is 0 Å². The van der Waals surface area contributed by atoms with E-state index in [4.69, 9.17) is 0 Å². The molecule has 0 saturated heterocycles. The highest BCUT2D eigenvalue weighted by molar-refractivity contribution is 6.06. The minimum atomic E-state index is -0.709. The van der Waals surface area contributed by atoms with Gasteiger partial charge in [0.1, 0.15) is 18.2 Å². The zero-order valence-corrected chi connectivity index (χ0v) is 16.9. The van der Waals surface area contributed by atoms with Crippen molar-refractivity contribution in [3.8, 4) is 0 Å². The van der Waals surface area contributed by atoms with Crippen LogP contribution in [-0.4, -0.2) is 31.3 Å². The molecule has 9 heteroatoms. The topological polar surface area (TPSA) is 122 Å². The van der Waals surface area contributed by atoms with Crippen LogP contribution >= 0.6 is 0 Å². The van der Waals surface area contributed by atoms with Crippen molar-refractivity contribution in [2.45, 2.75) is 24.8 Å². The van der Waals surface area contributed by atoms with E-state index in [9.17, 15) is 14.4 Å². The summed E-state index contributed by atoms with van der Waals surface area (Å²) in [6, 6.07) is 14.6. The van der Waals surface area contributed by atoms with Gasteiger partial charge in [-0.2, -0.15) is 0 Å². The van der Waals surface area contributed by atoms with Gasteiger partial charge >= 0.3 is 5.69 Å². The Hall–Kier alpha value is -4.27. The smallest absolute Gasteiger partial charge is 0.310 e. The number of carbonyl (C=O) groups excluding carboxylic acids is 2. The van der Waals surface area contributed by atoms with E-state index in [1.807, 2.05) is 30.3 Å². The van der Waals surface area contributed by atoms with Crippen LogP contribution in [0.3, 0.4) is 0 Å². The molecule has 2 amide bonds. The molecule has 0 radical (unpaired) electrons. The van der Waals surface area contributed by atoms with E-state index in [2.05, 4.69) is 25.6 Å². The van der Waals surface area contributed by atoms with Gasteiger partial charge in [-0.1, -0.05) is 24.3 Å². The number of carbonyl (C=O) groups is 2. The predicted octanol–water partition coefficient (Wildman–Crippen LogP) is 1.75. The van der Waals surface area contributed by atoms with Crippen LogP contribution in [0.2, 0.25) is 0 Å². The largest absolute Gasteiger partial charge is 0.326 e. The zero-order valence-electron chi connectivity index (χ0n) is 16.9. The lowest BCUT2D eigenvalue weighted by molar-refractivity contribution is -0.120. The molecule has 0 saturated carbocycles. The molecular weight excluding hydrogens is 408 g/mol. The Morgan fingerprint density at radius 2 is 1.97 bits per heavy atom. The summed E-state index contributed by atoms with van der Waals surface area (Å²) in [7, 11) is 0. The number of anilines is 2. The second-order valence-electron chi connectivity index (χ2n) is 8.17. The number of H-pyrrole nitrogens is 1. The third-order valence-electron chi connectivity index (χ3n) is 6.27. The second kappa shape index (κ2) is 6.61. The number of benzene rings is 1. The number of rotatable bonds is 3. The Balaban J connectivity index is 1.24. The van der Waals surface area contributed by atoms with Crippen LogP contribution in [0.1, 0.15) is 16.8 Å². The standard InChI is InChI=1S/C23H18N6O3/c30-19(12-29-17-6-2-1-5-15(17)26-22(29)32)27-18-8-7-13-10-23(11-16(13)25-18)14-4-3-9-24-20(14)28-21(23)31/h1-9H,10-12H2,(H,26,32)(H,24,28,31)(H,25,27,30). The minimum Gasteiger partial charge on any atom is -0.310 e. The predicted molar refractivity (Wildman–Crippen MR) is 117 cm³/mol. The molecular formula is C23H18N6O3. The summed E-state index contributed by atoms with van der Waals surface area (Å²) < 4.78 is 1.39. The normalized spacial score (nSPS) is 18.6. The maximum atomic E-state index is 12.8. The highest BCUT2D eigenvalue weighted by Gasteiger charge is 2.51. The average molecular weight is 426 g/mol. The molecule has 1 aliphatic heterocycles. The highest BCUT2D eigenvalue weighted by atomic mass is 16.2. The first-order valence-electron chi connectivity index (χ1n) is 10.3. The Kier molecular flexibility index (Phi) is 3.82. The van der Waals surface area contributed by atoms with Crippen molar-refractivity contribution < 1.29 is 9.59 Å². The van der Waals surface area contributed by atoms with Crippen molar-refractivity contribution in [1.82, 2.24) is 19.5 Å². The van der Waals surface area contributed by atoms with Gasteiger partial charge in [0.05, 0.1) is 16.4 Å². The molecule has 4 aromatic rings. The van der Waals surface area contributed by atoms with Crippen molar-refractivity contribution in [3.05, 3.63) is 82.0 Å². The van der Waals surface area contributed by atoms with Crippen molar-refractivity contribution in [1.29, 1.82) is 0 Å². The summed E-state index contributed by atoms with van der Waals surface area (Å²) in [4.78, 5) is 49.3. The Morgan fingerprint density at radius 1 is 1.09 bits per heavy atom. The Bertz CT molecular complexity index is 1490. The first kappa shape index (κ1) is 18.5. The first-order chi connectivity index (χ1) is 15.5. The van der Waals surface area contributed by atoms with Crippen molar-refractivity contribution in [2.75, 3.05) is 10.6 Å². The van der Waals surface area contributed by atoms with E-state index in [1.54, 1.807) is 24.4 Å². The van der Waals surface area contributed by atoms with E-state index >= 15 is 0 Å². The highest BCUT2D eigenvalue weighted by Crippen LogP contribution is 2.46. The van der Waals surface area contributed by atoms with Crippen LogP contribution in [0.4, 0.5) is 11.6 Å². The van der Waals surface area contributed by atoms with E-state index < -0.39 is 5.41 Å². The van der Waals surface area contributed by atoms with Gasteiger partial charge in [-0.25, -0.2) is 14.8 Å². The molecule has 1 atom stereocenters. The molecule has 3 N–H and O–H groups in total. The Labute approximate surface area is 181 Å². The molecule has 0 fully saturated rings. The number of aromatic nitrogens is 4. The van der Waals surface area contributed by atoms with E-state index in [0.29, 0.717) is 35.5 Å². The summed E-state index contributed by atoms with van der Waals surface area (Å²) in [5.41, 5.74) is 2.92. The number of pyridine rings is 2. The number of amides is 2. The van der Waals surface area contributed by atoms with Gasteiger partial charge in [0.25, 0.3) is 0 Å². The maximum Gasteiger partial charge on any atom is 0.326 e. The van der Waals surface area contributed by atoms with Crippen molar-refractivity contribution >= 4 is 34.5 Å². The fourth-order valence-electron chi connectivity index (χ4n) is 4.77. The van der Waals surface area contributed by atoms with E-state index in [0.717, 1.165) is 16.8 Å². The van der Waals surface area contributed by atoms with Crippen molar-refractivity contribution in [3.63, 3.8) is 0 Å². The fraction of sp³-hybridized carbons (Fsp3) is 0.174. The number of nitrogens with one attached hydrogen (secondary N) is 3. The van der Waals surface area contributed by atoms with Crippen LogP contribution in [0, 0.1) is 0 Å². The van der Waals surface area contributed by atoms with Crippen LogP contribution in [0.5, 0.6) is 0 Å². The molecule has 158 valence electrons. The summed E-state index contributed by atoms with van der Waals surface area (Å²) >= 11 is 0. The average Bonchev–Trinajstić information content (AvgIpc) is 3.40. The molecule has 1 aliphatic carbocycles. The number of hydrogen-bond acceptors (Lipinski definition) is 5. The maximum absolute atomic E-state index is 12.8. The van der Waals surface area contributed by atoms with Gasteiger partial charge in [0.15, 0.2) is 0 Å². The van der Waals surface area contributed by atoms with Crippen LogP contribution in [-0.2, 0) is 34.4 Å². The molecule has 3 aromatic heterocycles. The lowest BCUT2D eigenvalue weighted by Gasteiger charge is -2.19. The van der Waals surface area contributed by atoms with Gasteiger partial charge in [0, 0.05) is 23.9 Å². The number of para-hydroxylation sites is 2. The molecule has 2 aliphatic rings. The lowest BCUT2D eigenvalue weighted by Crippen LogP contribution is -2.35. The van der Waals surface area contributed by atoms with Gasteiger partial charge in [-0.15, -0.1) is 0 Å². The summed E-state index contributed by atoms with van der Waals surface area (Å²) in [6.07, 6.45) is 2.64. The molecule has 1 unspecified atom stereocenters. The van der Waals surface area contributed by atoms with Gasteiger partial charge in [-0.05, 0) is 36.2 Å². The second-order valence-corrected chi connectivity index (χ2v) is 8.17.